The molecule has 1 rings (SSSR count). The van der Waals surface area contributed by atoms with Crippen molar-refractivity contribution < 1.29 is 4.79 Å². The van der Waals surface area contributed by atoms with E-state index in [9.17, 15) is 4.79 Å². The van der Waals surface area contributed by atoms with Crippen LogP contribution in [-0.2, 0) is 11.3 Å². The fourth-order valence-electron chi connectivity index (χ4n) is 1.02. The van der Waals surface area contributed by atoms with Crippen LogP contribution in [0.4, 0.5) is 0 Å². The number of carbonyl (C=O) groups excluding carboxylic acids is 1. The molecule has 0 aliphatic rings. The quantitative estimate of drug-likeness (QED) is 0.606. The standard InChI is InChI=1S/C8H16N6OS/c1-9-4-5-14-8(11-12-13-14)16-6-3-7(15)10-2/h9H,3-6H2,1-2H3,(H,10,15). The molecule has 0 saturated heterocycles. The van der Waals surface area contributed by atoms with E-state index in [0.717, 1.165) is 18.2 Å². The lowest BCUT2D eigenvalue weighted by atomic mass is 10.5. The molecule has 1 heterocycles. The first kappa shape index (κ1) is 12.9. The molecule has 0 fully saturated rings. The summed E-state index contributed by atoms with van der Waals surface area (Å²) in [6, 6.07) is 0. The van der Waals surface area contributed by atoms with Crippen molar-refractivity contribution in [3.63, 3.8) is 0 Å². The van der Waals surface area contributed by atoms with E-state index in [4.69, 9.17) is 0 Å². The summed E-state index contributed by atoms with van der Waals surface area (Å²) in [5, 5.41) is 17.7. The number of nitrogens with one attached hydrogen (secondary N) is 2. The second-order valence-corrected chi connectivity index (χ2v) is 4.12. The van der Waals surface area contributed by atoms with Gasteiger partial charge in [-0.25, -0.2) is 4.68 Å². The summed E-state index contributed by atoms with van der Waals surface area (Å²) in [6.07, 6.45) is 0.472. The largest absolute Gasteiger partial charge is 0.359 e. The third-order valence-corrected chi connectivity index (χ3v) is 2.87. The summed E-state index contributed by atoms with van der Waals surface area (Å²) in [6.45, 7) is 1.54. The van der Waals surface area contributed by atoms with E-state index in [2.05, 4.69) is 26.2 Å². The average molecular weight is 244 g/mol. The summed E-state index contributed by atoms with van der Waals surface area (Å²) in [5.41, 5.74) is 0. The minimum Gasteiger partial charge on any atom is -0.359 e. The van der Waals surface area contributed by atoms with Gasteiger partial charge in [0.2, 0.25) is 11.1 Å². The smallest absolute Gasteiger partial charge is 0.220 e. The third-order valence-electron chi connectivity index (χ3n) is 1.91. The monoisotopic (exact) mass is 244 g/mol. The zero-order valence-corrected chi connectivity index (χ0v) is 10.3. The number of amides is 1. The van der Waals surface area contributed by atoms with Gasteiger partial charge in [0.25, 0.3) is 0 Å². The van der Waals surface area contributed by atoms with Crippen LogP contribution < -0.4 is 10.6 Å². The summed E-state index contributed by atoms with van der Waals surface area (Å²) < 4.78 is 1.73. The number of hydrogen-bond acceptors (Lipinski definition) is 6. The first-order chi connectivity index (χ1) is 7.77. The zero-order valence-electron chi connectivity index (χ0n) is 9.43. The fraction of sp³-hybridized carbons (Fsp3) is 0.750. The number of aromatic nitrogens is 4. The van der Waals surface area contributed by atoms with Gasteiger partial charge in [0.15, 0.2) is 0 Å². The minimum atomic E-state index is 0.0294. The minimum absolute atomic E-state index is 0.0294. The summed E-state index contributed by atoms with van der Waals surface area (Å²) >= 11 is 1.49. The van der Waals surface area contributed by atoms with E-state index >= 15 is 0 Å². The molecule has 0 aromatic carbocycles. The molecule has 16 heavy (non-hydrogen) atoms. The number of hydrogen-bond donors (Lipinski definition) is 2. The molecule has 0 atom stereocenters. The van der Waals surface area contributed by atoms with Crippen molar-refractivity contribution in [2.45, 2.75) is 18.1 Å². The number of carbonyl (C=O) groups is 1. The molecule has 1 amide bonds. The molecule has 0 unspecified atom stereocenters. The van der Waals surface area contributed by atoms with Gasteiger partial charge in [0.1, 0.15) is 0 Å². The Morgan fingerprint density at radius 2 is 2.31 bits per heavy atom. The van der Waals surface area contributed by atoms with Crippen LogP contribution in [0.1, 0.15) is 6.42 Å². The van der Waals surface area contributed by atoms with Gasteiger partial charge in [-0.2, -0.15) is 0 Å². The first-order valence-electron chi connectivity index (χ1n) is 5.02. The van der Waals surface area contributed by atoms with E-state index in [1.807, 2.05) is 7.05 Å². The number of tetrazole rings is 1. The molecule has 0 spiro atoms. The molecule has 0 aliphatic carbocycles. The fourth-order valence-corrected chi connectivity index (χ4v) is 1.86. The Labute approximate surface area is 98.4 Å². The molecule has 90 valence electrons. The van der Waals surface area contributed by atoms with Crippen molar-refractivity contribution in [3.05, 3.63) is 0 Å². The highest BCUT2D eigenvalue weighted by molar-refractivity contribution is 7.99. The van der Waals surface area contributed by atoms with Gasteiger partial charge in [-0.3, -0.25) is 4.79 Å². The van der Waals surface area contributed by atoms with Crippen molar-refractivity contribution in [1.82, 2.24) is 30.8 Å². The number of likely N-dealkylation sites (N-methyl/N-ethyl adjacent to an activating group) is 1. The molecule has 0 aliphatic heterocycles. The van der Waals surface area contributed by atoms with Crippen LogP contribution >= 0.6 is 11.8 Å². The maximum atomic E-state index is 11.0. The van der Waals surface area contributed by atoms with Gasteiger partial charge in [-0.1, -0.05) is 11.8 Å². The van der Waals surface area contributed by atoms with E-state index in [0.29, 0.717) is 12.2 Å². The normalized spacial score (nSPS) is 10.4. The molecule has 0 saturated carbocycles. The van der Waals surface area contributed by atoms with Crippen molar-refractivity contribution in [2.24, 2.45) is 0 Å². The first-order valence-corrected chi connectivity index (χ1v) is 6.00. The Morgan fingerprint density at radius 1 is 1.50 bits per heavy atom. The topological polar surface area (TPSA) is 84.7 Å². The Balaban J connectivity index is 2.35. The van der Waals surface area contributed by atoms with E-state index in [1.165, 1.54) is 11.8 Å². The number of rotatable bonds is 7. The molecule has 1 aromatic heterocycles. The maximum Gasteiger partial charge on any atom is 0.220 e. The van der Waals surface area contributed by atoms with Crippen LogP contribution in [0.5, 0.6) is 0 Å². The van der Waals surface area contributed by atoms with Gasteiger partial charge in [-0.05, 0) is 17.5 Å². The van der Waals surface area contributed by atoms with Crippen molar-refractivity contribution in [2.75, 3.05) is 26.4 Å². The van der Waals surface area contributed by atoms with Crippen LogP contribution in [-0.4, -0.2) is 52.5 Å². The van der Waals surface area contributed by atoms with Crippen molar-refractivity contribution in [3.8, 4) is 0 Å². The highest BCUT2D eigenvalue weighted by atomic mass is 32.2. The lowest BCUT2D eigenvalue weighted by Crippen LogP contribution is -2.18. The Morgan fingerprint density at radius 3 is 3.00 bits per heavy atom. The van der Waals surface area contributed by atoms with Crippen LogP contribution in [0.3, 0.4) is 0 Å². The molecule has 0 bridgehead atoms. The summed E-state index contributed by atoms with van der Waals surface area (Å²) in [5.74, 6) is 0.710. The van der Waals surface area contributed by atoms with Gasteiger partial charge in [0, 0.05) is 25.8 Å². The van der Waals surface area contributed by atoms with E-state index in [1.54, 1.807) is 11.7 Å². The van der Waals surface area contributed by atoms with Crippen molar-refractivity contribution in [1.29, 1.82) is 0 Å². The molecule has 1 aromatic rings. The molecular weight excluding hydrogens is 228 g/mol. The predicted molar refractivity (Wildman–Crippen MR) is 61.2 cm³/mol. The van der Waals surface area contributed by atoms with Crippen LogP contribution in [0.15, 0.2) is 5.16 Å². The lowest BCUT2D eigenvalue weighted by molar-refractivity contribution is -0.120. The van der Waals surface area contributed by atoms with E-state index in [-0.39, 0.29) is 5.91 Å². The number of thioether (sulfide) groups is 1. The molecular formula is C8H16N6OS. The van der Waals surface area contributed by atoms with Crippen LogP contribution in [0.2, 0.25) is 0 Å². The van der Waals surface area contributed by atoms with Crippen LogP contribution in [0, 0.1) is 0 Å². The molecule has 7 nitrogen and oxygen atoms in total. The molecule has 0 radical (unpaired) electrons. The third kappa shape index (κ3) is 4.15. The SMILES string of the molecule is CNCCn1nnnc1SCCC(=O)NC. The van der Waals surface area contributed by atoms with E-state index < -0.39 is 0 Å². The molecule has 2 N–H and O–H groups in total. The van der Waals surface area contributed by atoms with Crippen LogP contribution in [0.25, 0.3) is 0 Å². The Hall–Kier alpha value is -1.15. The zero-order chi connectivity index (χ0) is 11.8. The summed E-state index contributed by atoms with van der Waals surface area (Å²) in [4.78, 5) is 11.0. The second-order valence-electron chi connectivity index (χ2n) is 3.06. The maximum absolute atomic E-state index is 11.0. The Kier molecular flexibility index (Phi) is 5.79. The molecule has 8 heteroatoms. The van der Waals surface area contributed by atoms with Gasteiger partial charge >= 0.3 is 0 Å². The predicted octanol–water partition coefficient (Wildman–Crippen LogP) is -0.879. The highest BCUT2D eigenvalue weighted by Crippen LogP contribution is 2.13. The lowest BCUT2D eigenvalue weighted by Gasteiger charge is -2.03. The highest BCUT2D eigenvalue weighted by Gasteiger charge is 2.07. The second kappa shape index (κ2) is 7.18. The average Bonchev–Trinajstić information content (AvgIpc) is 2.73. The van der Waals surface area contributed by atoms with Gasteiger partial charge in [-0.15, -0.1) is 5.10 Å². The Bertz CT molecular complexity index is 328. The number of nitrogens with zero attached hydrogens (tertiary/aromatic N) is 4. The van der Waals surface area contributed by atoms with Crippen molar-refractivity contribution >= 4 is 17.7 Å². The summed E-state index contributed by atoms with van der Waals surface area (Å²) in [7, 11) is 3.51. The van der Waals surface area contributed by atoms with Gasteiger partial charge < -0.3 is 10.6 Å². The van der Waals surface area contributed by atoms with Gasteiger partial charge in [0.05, 0.1) is 6.54 Å².